The van der Waals surface area contributed by atoms with Crippen LogP contribution in [-0.2, 0) is 4.79 Å². The molecule has 1 aliphatic heterocycles. The molecule has 1 fully saturated rings. The third kappa shape index (κ3) is 5.02. The van der Waals surface area contributed by atoms with Gasteiger partial charge in [-0.3, -0.25) is 14.9 Å². The van der Waals surface area contributed by atoms with E-state index in [0.717, 1.165) is 25.8 Å². The number of piperidine rings is 1. The number of nitrogens with one attached hydrogen (secondary N) is 1. The van der Waals surface area contributed by atoms with Crippen LogP contribution in [-0.4, -0.2) is 40.0 Å². The standard InChI is InChI=1S/C17H20N4O4/c18-11-13(12-20-8-2-1-5-15(20)7-9-22)17(23)19-14-4-3-6-16(10-14)21(24)25/h3-4,6,10,12,15,22H,1-2,5,7-9H2,(H,19,23)/b13-12-. The molecule has 132 valence electrons. The number of rotatable bonds is 6. The van der Waals surface area contributed by atoms with Crippen LogP contribution >= 0.6 is 0 Å². The van der Waals surface area contributed by atoms with Crippen LogP contribution in [0.5, 0.6) is 0 Å². The van der Waals surface area contributed by atoms with Gasteiger partial charge in [0.05, 0.1) is 4.92 Å². The molecule has 1 unspecified atom stereocenters. The van der Waals surface area contributed by atoms with Crippen LogP contribution < -0.4 is 5.32 Å². The zero-order chi connectivity index (χ0) is 18.2. The summed E-state index contributed by atoms with van der Waals surface area (Å²) in [7, 11) is 0. The van der Waals surface area contributed by atoms with E-state index in [4.69, 9.17) is 5.11 Å². The summed E-state index contributed by atoms with van der Waals surface area (Å²) in [4.78, 5) is 24.5. The van der Waals surface area contributed by atoms with Gasteiger partial charge in [0.25, 0.3) is 11.6 Å². The molecule has 0 spiro atoms. The maximum absolute atomic E-state index is 12.3. The Bertz CT molecular complexity index is 709. The van der Waals surface area contributed by atoms with Crippen LogP contribution in [0.1, 0.15) is 25.7 Å². The fourth-order valence-electron chi connectivity index (χ4n) is 2.85. The average molecular weight is 344 g/mol. The normalized spacial score (nSPS) is 17.7. The number of carbonyl (C=O) groups is 1. The molecule has 8 heteroatoms. The van der Waals surface area contributed by atoms with Crippen molar-refractivity contribution in [2.24, 2.45) is 0 Å². The zero-order valence-corrected chi connectivity index (χ0v) is 13.7. The lowest BCUT2D eigenvalue weighted by Crippen LogP contribution is -2.37. The summed E-state index contributed by atoms with van der Waals surface area (Å²) in [5.41, 5.74) is 0.0431. The first kappa shape index (κ1) is 18.4. The van der Waals surface area contributed by atoms with Gasteiger partial charge in [0, 0.05) is 43.2 Å². The van der Waals surface area contributed by atoms with E-state index in [1.807, 2.05) is 11.0 Å². The zero-order valence-electron chi connectivity index (χ0n) is 13.7. The van der Waals surface area contributed by atoms with Crippen molar-refractivity contribution in [3.05, 3.63) is 46.2 Å². The van der Waals surface area contributed by atoms with Gasteiger partial charge < -0.3 is 15.3 Å². The molecule has 1 saturated heterocycles. The first-order valence-electron chi connectivity index (χ1n) is 8.09. The number of nitrogens with zero attached hydrogens (tertiary/aromatic N) is 3. The van der Waals surface area contributed by atoms with Crippen LogP contribution in [0.3, 0.4) is 0 Å². The number of hydrogen-bond donors (Lipinski definition) is 2. The number of nitro groups is 1. The second kappa shape index (κ2) is 8.80. The predicted octanol–water partition coefficient (Wildman–Crippen LogP) is 2.18. The molecule has 1 aromatic rings. The average Bonchev–Trinajstić information content (AvgIpc) is 2.61. The highest BCUT2D eigenvalue weighted by Gasteiger charge is 2.21. The number of likely N-dealkylation sites (tertiary alicyclic amines) is 1. The number of aliphatic hydroxyl groups is 1. The second-order valence-corrected chi connectivity index (χ2v) is 5.82. The number of aliphatic hydroxyl groups excluding tert-OH is 1. The van der Waals surface area contributed by atoms with Gasteiger partial charge in [-0.2, -0.15) is 5.26 Å². The van der Waals surface area contributed by atoms with Gasteiger partial charge >= 0.3 is 0 Å². The number of hydrogen-bond acceptors (Lipinski definition) is 6. The molecule has 0 bridgehead atoms. The summed E-state index contributed by atoms with van der Waals surface area (Å²) in [5.74, 6) is -0.615. The smallest absolute Gasteiger partial charge is 0.271 e. The number of benzene rings is 1. The van der Waals surface area contributed by atoms with Crippen molar-refractivity contribution in [1.29, 1.82) is 5.26 Å². The fourth-order valence-corrected chi connectivity index (χ4v) is 2.85. The second-order valence-electron chi connectivity index (χ2n) is 5.82. The van der Waals surface area contributed by atoms with Crippen LogP contribution in [0.4, 0.5) is 11.4 Å². The van der Waals surface area contributed by atoms with E-state index in [2.05, 4.69) is 5.32 Å². The molecule has 1 aromatic carbocycles. The first-order valence-corrected chi connectivity index (χ1v) is 8.09. The molecule has 0 saturated carbocycles. The van der Waals surface area contributed by atoms with Gasteiger partial charge in [0.15, 0.2) is 0 Å². The van der Waals surface area contributed by atoms with Crippen LogP contribution in [0, 0.1) is 21.4 Å². The third-order valence-electron chi connectivity index (χ3n) is 4.11. The molecule has 0 aromatic heterocycles. The topological polar surface area (TPSA) is 120 Å². The Labute approximate surface area is 145 Å². The summed E-state index contributed by atoms with van der Waals surface area (Å²) in [6.07, 6.45) is 5.02. The number of amides is 1. The largest absolute Gasteiger partial charge is 0.396 e. The van der Waals surface area contributed by atoms with Crippen molar-refractivity contribution in [2.75, 3.05) is 18.5 Å². The highest BCUT2D eigenvalue weighted by Crippen LogP contribution is 2.21. The summed E-state index contributed by atoms with van der Waals surface area (Å²) in [6.45, 7) is 0.775. The minimum absolute atomic E-state index is 0.0524. The maximum atomic E-state index is 12.3. The molecule has 8 nitrogen and oxygen atoms in total. The third-order valence-corrected chi connectivity index (χ3v) is 4.11. The van der Waals surface area contributed by atoms with Crippen LogP contribution in [0.2, 0.25) is 0 Å². The van der Waals surface area contributed by atoms with E-state index in [-0.39, 0.29) is 29.6 Å². The summed E-state index contributed by atoms with van der Waals surface area (Å²) < 4.78 is 0. The Morgan fingerprint density at radius 2 is 2.32 bits per heavy atom. The monoisotopic (exact) mass is 344 g/mol. The highest BCUT2D eigenvalue weighted by atomic mass is 16.6. The van der Waals surface area contributed by atoms with E-state index in [0.29, 0.717) is 6.42 Å². The Kier molecular flexibility index (Phi) is 6.48. The quantitative estimate of drug-likeness (QED) is 0.353. The van der Waals surface area contributed by atoms with Gasteiger partial charge in [0.2, 0.25) is 0 Å². The number of nitriles is 1. The Morgan fingerprint density at radius 1 is 1.52 bits per heavy atom. The van der Waals surface area contributed by atoms with Crippen molar-refractivity contribution < 1.29 is 14.8 Å². The molecule has 1 heterocycles. The lowest BCUT2D eigenvalue weighted by molar-refractivity contribution is -0.384. The van der Waals surface area contributed by atoms with Gasteiger partial charge in [0.1, 0.15) is 11.6 Å². The van der Waals surface area contributed by atoms with E-state index >= 15 is 0 Å². The van der Waals surface area contributed by atoms with E-state index in [9.17, 15) is 20.2 Å². The minimum Gasteiger partial charge on any atom is -0.396 e. The highest BCUT2D eigenvalue weighted by molar-refractivity contribution is 6.06. The lowest BCUT2D eigenvalue weighted by atomic mass is 10.00. The summed E-state index contributed by atoms with van der Waals surface area (Å²) >= 11 is 0. The molecule has 25 heavy (non-hydrogen) atoms. The molecule has 0 aliphatic carbocycles. The van der Waals surface area contributed by atoms with Crippen LogP contribution in [0.15, 0.2) is 36.0 Å². The molecule has 1 amide bonds. The fraction of sp³-hybridized carbons (Fsp3) is 0.412. The summed E-state index contributed by atoms with van der Waals surface area (Å²) in [6, 6.07) is 7.53. The van der Waals surface area contributed by atoms with Gasteiger partial charge in [-0.25, -0.2) is 0 Å². The number of nitro benzene ring substituents is 1. The molecule has 0 radical (unpaired) electrons. The number of non-ortho nitro benzene ring substituents is 1. The van der Waals surface area contributed by atoms with Crippen molar-refractivity contribution in [3.63, 3.8) is 0 Å². The van der Waals surface area contributed by atoms with Crippen molar-refractivity contribution >= 4 is 17.3 Å². The Hall–Kier alpha value is -2.92. The molecule has 2 N–H and O–H groups in total. The number of anilines is 1. The molecule has 1 atom stereocenters. The SMILES string of the molecule is N#C/C(=C/N1CCCCC1CCO)C(=O)Nc1cccc([N+](=O)[O-])c1. The molecular formula is C17H20N4O4. The molecular weight excluding hydrogens is 324 g/mol. The van der Waals surface area contributed by atoms with E-state index in [1.165, 1.54) is 30.5 Å². The first-order chi connectivity index (χ1) is 12.0. The van der Waals surface area contributed by atoms with Crippen molar-refractivity contribution in [2.45, 2.75) is 31.7 Å². The van der Waals surface area contributed by atoms with Gasteiger partial charge in [-0.15, -0.1) is 0 Å². The van der Waals surface area contributed by atoms with Crippen molar-refractivity contribution in [3.8, 4) is 6.07 Å². The summed E-state index contributed by atoms with van der Waals surface area (Å²) in [5, 5.41) is 31.8. The Morgan fingerprint density at radius 3 is 3.00 bits per heavy atom. The van der Waals surface area contributed by atoms with Crippen LogP contribution in [0.25, 0.3) is 0 Å². The predicted molar refractivity (Wildman–Crippen MR) is 91.5 cm³/mol. The van der Waals surface area contributed by atoms with E-state index in [1.54, 1.807) is 0 Å². The minimum atomic E-state index is -0.615. The Balaban J connectivity index is 2.13. The lowest BCUT2D eigenvalue weighted by Gasteiger charge is -2.34. The number of carbonyl (C=O) groups excluding carboxylic acids is 1. The van der Waals surface area contributed by atoms with E-state index < -0.39 is 10.8 Å². The maximum Gasteiger partial charge on any atom is 0.271 e. The molecule has 2 rings (SSSR count). The molecule has 1 aliphatic rings. The van der Waals surface area contributed by atoms with Gasteiger partial charge in [-0.1, -0.05) is 6.07 Å². The van der Waals surface area contributed by atoms with Crippen molar-refractivity contribution in [1.82, 2.24) is 4.90 Å². The van der Waals surface area contributed by atoms with Gasteiger partial charge in [-0.05, 0) is 31.7 Å².